The van der Waals surface area contributed by atoms with Crippen LogP contribution in [0.3, 0.4) is 0 Å². The molecule has 3 rings (SSSR count). The van der Waals surface area contributed by atoms with E-state index in [2.05, 4.69) is 14.7 Å². The lowest BCUT2D eigenvalue weighted by molar-refractivity contribution is -0.341. The maximum Gasteiger partial charge on any atom is 0.522 e. The van der Waals surface area contributed by atoms with Crippen molar-refractivity contribution in [2.45, 2.75) is 64.6 Å². The van der Waals surface area contributed by atoms with Crippen LogP contribution in [0.25, 0.3) is 0 Å². The van der Waals surface area contributed by atoms with Crippen LogP contribution in [0, 0.1) is 11.7 Å². The van der Waals surface area contributed by atoms with E-state index in [0.717, 1.165) is 0 Å². The average Bonchev–Trinajstić information content (AvgIpc) is 2.88. The Morgan fingerprint density at radius 3 is 2.81 bits per heavy atom. The summed E-state index contributed by atoms with van der Waals surface area (Å²) in [5.41, 5.74) is 0.632. The summed E-state index contributed by atoms with van der Waals surface area (Å²) in [6, 6.07) is 2.53. The molecule has 0 N–H and O–H groups in total. The highest BCUT2D eigenvalue weighted by molar-refractivity contribution is 6.00. The standard InChI is InChI=1S/C22H27F4N3O3/c1-3-15(7-6-14(2)32-22(24,25)26)18-11-16-20(12-28-18)31-10-9-29(21(16)30)13-19-17(23)5-4-8-27-19/h4-5,8,12,14-15,18H,3,6-7,9-11,13H2,1-2H3. The third-order valence-electron chi connectivity index (χ3n) is 5.78. The zero-order valence-corrected chi connectivity index (χ0v) is 18.1. The number of hydrogen-bond donors (Lipinski definition) is 0. The van der Waals surface area contributed by atoms with Crippen LogP contribution in [-0.4, -0.2) is 53.7 Å². The van der Waals surface area contributed by atoms with E-state index < -0.39 is 18.3 Å². The average molecular weight is 457 g/mol. The molecule has 0 saturated carbocycles. The van der Waals surface area contributed by atoms with E-state index in [9.17, 15) is 22.4 Å². The van der Waals surface area contributed by atoms with Crippen LogP contribution < -0.4 is 0 Å². The van der Waals surface area contributed by atoms with Gasteiger partial charge in [-0.05, 0) is 37.8 Å². The number of carbonyl (C=O) groups excluding carboxylic acids is 1. The number of dihydropyridines is 1. The van der Waals surface area contributed by atoms with Crippen molar-refractivity contribution in [1.82, 2.24) is 9.88 Å². The van der Waals surface area contributed by atoms with Crippen molar-refractivity contribution in [2.75, 3.05) is 13.2 Å². The molecule has 0 fully saturated rings. The van der Waals surface area contributed by atoms with Gasteiger partial charge in [-0.15, -0.1) is 13.2 Å². The quantitative estimate of drug-likeness (QED) is 0.543. The van der Waals surface area contributed by atoms with Crippen molar-refractivity contribution < 1.29 is 31.8 Å². The number of alkyl halides is 3. The van der Waals surface area contributed by atoms with Crippen molar-refractivity contribution in [2.24, 2.45) is 10.9 Å². The summed E-state index contributed by atoms with van der Waals surface area (Å²) in [7, 11) is 0. The molecule has 0 aliphatic carbocycles. The second-order valence-electron chi connectivity index (χ2n) is 8.02. The van der Waals surface area contributed by atoms with E-state index in [4.69, 9.17) is 4.74 Å². The van der Waals surface area contributed by atoms with E-state index in [1.807, 2.05) is 6.92 Å². The van der Waals surface area contributed by atoms with Gasteiger partial charge in [0.15, 0.2) is 0 Å². The third kappa shape index (κ3) is 6.27. The molecule has 3 unspecified atom stereocenters. The number of pyridine rings is 1. The molecule has 6 nitrogen and oxygen atoms in total. The molecule has 1 aromatic rings. The van der Waals surface area contributed by atoms with E-state index in [0.29, 0.717) is 30.6 Å². The van der Waals surface area contributed by atoms with Crippen LogP contribution >= 0.6 is 0 Å². The van der Waals surface area contributed by atoms with E-state index in [1.165, 1.54) is 36.4 Å². The Hall–Kier alpha value is -2.49. The molecule has 2 aliphatic heterocycles. The van der Waals surface area contributed by atoms with Gasteiger partial charge in [-0.1, -0.05) is 13.3 Å². The van der Waals surface area contributed by atoms with Gasteiger partial charge in [0.05, 0.1) is 42.7 Å². The van der Waals surface area contributed by atoms with Crippen LogP contribution in [0.4, 0.5) is 17.6 Å². The van der Waals surface area contributed by atoms with Gasteiger partial charge in [-0.3, -0.25) is 19.5 Å². The first kappa shape index (κ1) is 24.2. The summed E-state index contributed by atoms with van der Waals surface area (Å²) < 4.78 is 61.0. The van der Waals surface area contributed by atoms with Gasteiger partial charge in [0, 0.05) is 12.6 Å². The number of ether oxygens (including phenoxy) is 2. The molecule has 0 saturated heterocycles. The Kier molecular flexibility index (Phi) is 7.86. The summed E-state index contributed by atoms with van der Waals surface area (Å²) in [4.78, 5) is 23.3. The van der Waals surface area contributed by atoms with Crippen molar-refractivity contribution in [3.63, 3.8) is 0 Å². The third-order valence-corrected chi connectivity index (χ3v) is 5.78. The Morgan fingerprint density at radius 1 is 1.34 bits per heavy atom. The summed E-state index contributed by atoms with van der Waals surface area (Å²) in [6.45, 7) is 3.89. The Bertz CT molecular complexity index is 872. The van der Waals surface area contributed by atoms with Crippen LogP contribution in [0.15, 0.2) is 34.7 Å². The molecule has 32 heavy (non-hydrogen) atoms. The first-order valence-corrected chi connectivity index (χ1v) is 10.7. The fourth-order valence-electron chi connectivity index (χ4n) is 4.04. The predicted octanol–water partition coefficient (Wildman–Crippen LogP) is 4.41. The highest BCUT2D eigenvalue weighted by Gasteiger charge is 2.35. The number of allylic oxidation sites excluding steroid dienone is 1. The normalized spacial score (nSPS) is 21.1. The lowest BCUT2D eigenvalue weighted by Crippen LogP contribution is -2.35. The number of rotatable bonds is 8. The molecule has 1 aromatic heterocycles. The minimum absolute atomic E-state index is 0.0164. The predicted molar refractivity (Wildman–Crippen MR) is 109 cm³/mol. The number of hydrogen-bond acceptors (Lipinski definition) is 5. The van der Waals surface area contributed by atoms with Crippen molar-refractivity contribution in [1.29, 1.82) is 0 Å². The molecule has 2 aliphatic rings. The second-order valence-corrected chi connectivity index (χ2v) is 8.02. The molecule has 10 heteroatoms. The fourth-order valence-corrected chi connectivity index (χ4v) is 4.04. The smallest absolute Gasteiger partial charge is 0.490 e. The van der Waals surface area contributed by atoms with Crippen LogP contribution in [0.1, 0.15) is 45.2 Å². The molecular weight excluding hydrogens is 430 g/mol. The zero-order chi connectivity index (χ0) is 23.3. The molecule has 0 radical (unpaired) electrons. The first-order valence-electron chi connectivity index (χ1n) is 10.7. The molecular formula is C22H27F4N3O3. The minimum atomic E-state index is -4.66. The van der Waals surface area contributed by atoms with Gasteiger partial charge in [0.2, 0.25) is 0 Å². The molecule has 3 heterocycles. The maximum absolute atomic E-state index is 14.0. The first-order chi connectivity index (χ1) is 15.2. The molecule has 176 valence electrons. The second kappa shape index (κ2) is 10.4. The Balaban J connectivity index is 1.66. The number of nitrogens with zero attached hydrogens (tertiary/aromatic N) is 3. The van der Waals surface area contributed by atoms with Crippen LogP contribution in [-0.2, 0) is 20.8 Å². The van der Waals surface area contributed by atoms with Gasteiger partial charge in [-0.2, -0.15) is 0 Å². The lowest BCUT2D eigenvalue weighted by atomic mass is 9.85. The number of aromatic nitrogens is 1. The largest absolute Gasteiger partial charge is 0.522 e. The zero-order valence-electron chi connectivity index (χ0n) is 18.1. The van der Waals surface area contributed by atoms with E-state index in [1.54, 1.807) is 0 Å². The highest BCUT2D eigenvalue weighted by Crippen LogP contribution is 2.32. The fraction of sp³-hybridized carbons (Fsp3) is 0.591. The van der Waals surface area contributed by atoms with Gasteiger partial charge < -0.3 is 9.64 Å². The van der Waals surface area contributed by atoms with Gasteiger partial charge >= 0.3 is 6.36 Å². The van der Waals surface area contributed by atoms with E-state index in [-0.39, 0.29) is 49.7 Å². The molecule has 0 aromatic carbocycles. The van der Waals surface area contributed by atoms with Gasteiger partial charge in [0.25, 0.3) is 5.91 Å². The number of carbonyl (C=O) groups is 1. The van der Waals surface area contributed by atoms with Crippen molar-refractivity contribution >= 4 is 12.1 Å². The number of aliphatic imine (C=N–C) groups is 1. The maximum atomic E-state index is 14.0. The van der Waals surface area contributed by atoms with E-state index >= 15 is 0 Å². The van der Waals surface area contributed by atoms with Gasteiger partial charge in [0.1, 0.15) is 18.2 Å². The monoisotopic (exact) mass is 457 g/mol. The van der Waals surface area contributed by atoms with Crippen LogP contribution in [0.5, 0.6) is 0 Å². The van der Waals surface area contributed by atoms with Crippen molar-refractivity contribution in [3.05, 3.63) is 41.2 Å². The number of amides is 1. The molecule has 1 amide bonds. The molecule has 3 atom stereocenters. The Morgan fingerprint density at radius 2 is 2.12 bits per heavy atom. The van der Waals surface area contributed by atoms with Gasteiger partial charge in [-0.25, -0.2) is 4.39 Å². The summed E-state index contributed by atoms with van der Waals surface area (Å²) in [5.74, 6) is -0.359. The summed E-state index contributed by atoms with van der Waals surface area (Å²) >= 11 is 0. The topological polar surface area (TPSA) is 64.0 Å². The number of halogens is 4. The summed E-state index contributed by atoms with van der Waals surface area (Å²) in [6.07, 6.45) is -0.893. The summed E-state index contributed by atoms with van der Waals surface area (Å²) in [5, 5.41) is 0. The Labute approximate surface area is 184 Å². The van der Waals surface area contributed by atoms with Crippen LogP contribution in [0.2, 0.25) is 0 Å². The molecule has 0 bridgehead atoms. The minimum Gasteiger partial charge on any atom is -0.490 e. The van der Waals surface area contributed by atoms with Crippen molar-refractivity contribution in [3.8, 4) is 0 Å². The molecule has 0 spiro atoms. The SMILES string of the molecule is CCC(CCC(C)OC(F)(F)F)C1CC2=C(C=N1)OCCN(Cc1ncccc1F)C2=O. The lowest BCUT2D eigenvalue weighted by Gasteiger charge is -2.28. The highest BCUT2D eigenvalue weighted by atomic mass is 19.4.